The number of furan rings is 2. The molecule has 0 aromatic carbocycles. The lowest BCUT2D eigenvalue weighted by Gasteiger charge is -2.11. The van der Waals surface area contributed by atoms with Gasteiger partial charge in [0.15, 0.2) is 12.2 Å². The van der Waals surface area contributed by atoms with Gasteiger partial charge in [0.05, 0.1) is 30.6 Å². The summed E-state index contributed by atoms with van der Waals surface area (Å²) in [6, 6.07) is 4.03. The van der Waals surface area contributed by atoms with Crippen molar-refractivity contribution in [3.63, 3.8) is 0 Å². The summed E-state index contributed by atoms with van der Waals surface area (Å²) in [6.45, 7) is 14.2. The van der Waals surface area contributed by atoms with Crippen molar-refractivity contribution in [1.29, 1.82) is 0 Å². The van der Waals surface area contributed by atoms with E-state index in [9.17, 15) is 24.3 Å². The minimum Gasteiger partial charge on any atom is -0.508 e. The molecule has 0 radical (unpaired) electrons. The van der Waals surface area contributed by atoms with E-state index >= 15 is 0 Å². The van der Waals surface area contributed by atoms with Gasteiger partial charge in [-0.2, -0.15) is 0 Å². The molecular weight excluding hydrogens is 733 g/mol. The third kappa shape index (κ3) is 17.5. The maximum absolute atomic E-state index is 11.6. The topological polar surface area (TPSA) is 133 Å². The summed E-state index contributed by atoms with van der Waals surface area (Å²) in [7, 11) is 0. The summed E-state index contributed by atoms with van der Waals surface area (Å²) in [5, 5.41) is 9.92. The first-order valence-electron chi connectivity index (χ1n) is 20.6. The number of aliphatic hydroxyl groups is 1. The van der Waals surface area contributed by atoms with Gasteiger partial charge in [0, 0.05) is 12.8 Å². The number of ketones is 2. The zero-order chi connectivity index (χ0) is 42.5. The number of rotatable bonds is 22. The van der Waals surface area contributed by atoms with E-state index in [4.69, 9.17) is 18.3 Å². The van der Waals surface area contributed by atoms with Gasteiger partial charge in [-0.3, -0.25) is 9.59 Å². The minimum absolute atomic E-state index is 0.0750. The van der Waals surface area contributed by atoms with E-state index in [0.29, 0.717) is 30.3 Å². The van der Waals surface area contributed by atoms with Crippen LogP contribution in [0, 0.1) is 11.8 Å². The Balaban J connectivity index is 0.000000310. The maximum Gasteiger partial charge on any atom is 0.383 e. The summed E-state index contributed by atoms with van der Waals surface area (Å²) in [4.78, 5) is 45.4. The fourth-order valence-corrected chi connectivity index (χ4v) is 6.50. The third-order valence-electron chi connectivity index (χ3n) is 10.3. The molecule has 1 fully saturated rings. The summed E-state index contributed by atoms with van der Waals surface area (Å²) in [6.07, 6.45) is 34.2. The van der Waals surface area contributed by atoms with Crippen LogP contribution in [0.3, 0.4) is 0 Å². The molecule has 4 atom stereocenters. The summed E-state index contributed by atoms with van der Waals surface area (Å²) >= 11 is 0. The van der Waals surface area contributed by atoms with Crippen LogP contribution in [-0.2, 0) is 41.5 Å². The molecule has 4 rings (SSSR count). The third-order valence-corrected chi connectivity index (χ3v) is 10.3. The van der Waals surface area contributed by atoms with Crippen molar-refractivity contribution in [2.45, 2.75) is 138 Å². The quantitative estimate of drug-likeness (QED) is 0.0535. The Kier molecular flexibility index (Phi) is 20.5. The van der Waals surface area contributed by atoms with E-state index < -0.39 is 35.7 Å². The van der Waals surface area contributed by atoms with Gasteiger partial charge in [-0.15, -0.1) is 0 Å². The van der Waals surface area contributed by atoms with E-state index in [1.807, 2.05) is 38.3 Å². The Morgan fingerprint density at radius 2 is 1.16 bits per heavy atom. The molecule has 2 aromatic heterocycles. The Bertz CT molecular complexity index is 1750. The second kappa shape index (κ2) is 25.2. The van der Waals surface area contributed by atoms with E-state index in [2.05, 4.69) is 70.2 Å². The highest BCUT2D eigenvalue weighted by atomic mass is 16.6. The lowest BCUT2D eigenvalue weighted by Crippen LogP contribution is -2.20. The fourth-order valence-electron chi connectivity index (χ4n) is 6.50. The fraction of sp³-hybridized carbons (Fsp3) is 0.469. The molecule has 2 aliphatic heterocycles. The van der Waals surface area contributed by atoms with Crippen LogP contribution in [0.15, 0.2) is 128 Å². The molecule has 2 aromatic rings. The van der Waals surface area contributed by atoms with Crippen molar-refractivity contribution >= 4 is 23.5 Å². The zero-order valence-corrected chi connectivity index (χ0v) is 35.6. The number of carbonyl (C=O) groups is 4. The minimum atomic E-state index is -1.04. The standard InChI is InChI=1S/C25H34O4.C24H30O5/c1-18(8-5-9-19(2)11-7-13-22-14-15-28-17-22)10-6-12-20(3)16-23-24(26)21(4)25(27)29-23;1-17(7-4-8-18(2)10-6-12-20-13-14-28-16-20)9-5-11-19(3)15-21-22(25)23(26)24(27)29-21/h5,8-9,12,14-15,17-18,23,26H,6-7,10-11,13,16H2,1-4H3;4,7-8,11,13-14,16-17,21H,5-6,9-10,12,15H2,1-3H3/b8-5+,19-9+,20-12+;7-4+,18-8+,19-11+/t18-,23-;/m1./s1. The molecule has 0 aliphatic carbocycles. The molecule has 0 amide bonds. The summed E-state index contributed by atoms with van der Waals surface area (Å²) in [5.41, 5.74) is 7.67. The highest BCUT2D eigenvalue weighted by Crippen LogP contribution is 2.26. The van der Waals surface area contributed by atoms with Gasteiger partial charge in [0.25, 0.3) is 5.78 Å². The Labute approximate surface area is 345 Å². The van der Waals surface area contributed by atoms with Crippen LogP contribution in [0.25, 0.3) is 0 Å². The van der Waals surface area contributed by atoms with Crippen LogP contribution < -0.4 is 0 Å². The van der Waals surface area contributed by atoms with Crippen LogP contribution >= 0.6 is 0 Å². The van der Waals surface area contributed by atoms with Crippen LogP contribution in [0.1, 0.15) is 124 Å². The molecule has 9 heteroatoms. The molecule has 58 heavy (non-hydrogen) atoms. The number of hydrogen-bond donors (Lipinski definition) is 1. The first-order chi connectivity index (χ1) is 27.7. The van der Waals surface area contributed by atoms with Gasteiger partial charge in [0.2, 0.25) is 0 Å². The molecular formula is C49H64O9. The number of allylic oxidation sites excluding steroid dienone is 10. The van der Waals surface area contributed by atoms with E-state index in [0.717, 1.165) is 75.4 Å². The van der Waals surface area contributed by atoms with Crippen molar-refractivity contribution < 1.29 is 42.6 Å². The Hall–Kier alpha value is -5.18. The second-order valence-electron chi connectivity index (χ2n) is 15.9. The number of carbonyl (C=O) groups excluding carboxylic acids is 4. The van der Waals surface area contributed by atoms with Crippen LogP contribution in [0.4, 0.5) is 0 Å². The maximum atomic E-state index is 11.6. The van der Waals surface area contributed by atoms with Gasteiger partial charge in [-0.1, -0.05) is 84.7 Å². The van der Waals surface area contributed by atoms with Gasteiger partial charge in [-0.25, -0.2) is 9.59 Å². The smallest absolute Gasteiger partial charge is 0.383 e. The van der Waals surface area contributed by atoms with E-state index in [1.54, 1.807) is 25.7 Å². The summed E-state index contributed by atoms with van der Waals surface area (Å²) < 4.78 is 20.2. The van der Waals surface area contributed by atoms with Crippen molar-refractivity contribution in [3.8, 4) is 0 Å². The van der Waals surface area contributed by atoms with Crippen LogP contribution in [0.5, 0.6) is 0 Å². The van der Waals surface area contributed by atoms with Crippen molar-refractivity contribution in [2.75, 3.05) is 0 Å². The van der Waals surface area contributed by atoms with Gasteiger partial charge in [0.1, 0.15) is 5.76 Å². The second-order valence-corrected chi connectivity index (χ2v) is 15.9. The number of cyclic esters (lactones) is 2. The molecule has 9 nitrogen and oxygen atoms in total. The first kappa shape index (κ1) is 47.2. The number of Topliss-reactive ketones (excluding diaryl/α,β-unsaturated/α-hetero) is 2. The molecule has 314 valence electrons. The number of ether oxygens (including phenoxy) is 2. The molecule has 0 bridgehead atoms. The normalized spacial score (nSPS) is 19.3. The SMILES string of the molecule is C/C(=C\C=C\C(C)CC/C=C(\C)CC1OC(=O)C(=O)C1=O)CCCc1ccoc1.CC1=C(O)[C@@H](C/C(C)=C/CC[C@H](C)/C=C/C=C(\C)CCCc2ccoc2)OC1=O. The average Bonchev–Trinajstić information content (AvgIpc) is 3.99. The number of hydrogen-bond acceptors (Lipinski definition) is 9. The molecule has 1 N–H and O–H groups in total. The largest absolute Gasteiger partial charge is 0.508 e. The average molecular weight is 797 g/mol. The van der Waals surface area contributed by atoms with E-state index in [1.165, 1.54) is 22.3 Å². The van der Waals surface area contributed by atoms with Crippen molar-refractivity contribution in [3.05, 3.63) is 131 Å². The highest BCUT2D eigenvalue weighted by Gasteiger charge is 2.41. The van der Waals surface area contributed by atoms with E-state index in [-0.39, 0.29) is 5.76 Å². The molecule has 0 saturated carbocycles. The lowest BCUT2D eigenvalue weighted by atomic mass is 10.0. The zero-order valence-electron chi connectivity index (χ0n) is 35.6. The summed E-state index contributed by atoms with van der Waals surface area (Å²) in [5.74, 6) is -2.21. The molecule has 0 spiro atoms. The number of esters is 2. The monoisotopic (exact) mass is 796 g/mol. The Morgan fingerprint density at radius 1 is 0.690 bits per heavy atom. The lowest BCUT2D eigenvalue weighted by molar-refractivity contribution is -0.148. The molecule has 2 aliphatic rings. The van der Waals surface area contributed by atoms with Crippen molar-refractivity contribution in [2.24, 2.45) is 11.8 Å². The van der Waals surface area contributed by atoms with Crippen LogP contribution in [0.2, 0.25) is 0 Å². The van der Waals surface area contributed by atoms with Gasteiger partial charge >= 0.3 is 17.7 Å². The van der Waals surface area contributed by atoms with Crippen LogP contribution in [-0.4, -0.2) is 40.8 Å². The molecule has 1 saturated heterocycles. The highest BCUT2D eigenvalue weighted by molar-refractivity contribution is 6.65. The predicted molar refractivity (Wildman–Crippen MR) is 228 cm³/mol. The van der Waals surface area contributed by atoms with Crippen molar-refractivity contribution in [1.82, 2.24) is 0 Å². The first-order valence-corrected chi connectivity index (χ1v) is 20.6. The number of aryl methyl sites for hydroxylation is 2. The predicted octanol–water partition coefficient (Wildman–Crippen LogP) is 11.5. The van der Waals surface area contributed by atoms with Gasteiger partial charge in [-0.05, 0) is 134 Å². The van der Waals surface area contributed by atoms with Gasteiger partial charge < -0.3 is 23.4 Å². The molecule has 4 heterocycles. The molecule has 2 unspecified atom stereocenters. The Morgan fingerprint density at radius 3 is 1.55 bits per heavy atom. The number of aliphatic hydroxyl groups excluding tert-OH is 1.